The van der Waals surface area contributed by atoms with Gasteiger partial charge in [-0.25, -0.2) is 17.5 Å². The maximum Gasteiger partial charge on any atom is 0.295 e. The van der Waals surface area contributed by atoms with Crippen LogP contribution < -0.4 is 10.0 Å². The fraction of sp³-hybridized carbons (Fsp3) is 0.400. The maximum atomic E-state index is 13.2. The molecule has 1 rings (SSSR count). The van der Waals surface area contributed by atoms with Crippen LogP contribution in [0.15, 0.2) is 12.1 Å². The number of aryl methyl sites for hydroxylation is 1. The third kappa shape index (κ3) is 4.79. The average Bonchev–Trinajstić information content (AvgIpc) is 2.27. The Kier molecular flexibility index (Phi) is 4.78. The molecule has 0 aliphatic rings. The van der Waals surface area contributed by atoms with Gasteiger partial charge in [0, 0.05) is 13.1 Å². The van der Waals surface area contributed by atoms with E-state index in [2.05, 4.69) is 10.0 Å². The summed E-state index contributed by atoms with van der Waals surface area (Å²) in [7, 11) is -3.30. The van der Waals surface area contributed by atoms with Crippen LogP contribution in [-0.4, -0.2) is 32.7 Å². The molecule has 0 aliphatic heterocycles. The Hall–Kier alpha value is -1.74. The number of nitrogens with one attached hydrogen (secondary N) is 2. The number of hydrogen-bond acceptors (Lipinski definition) is 5. The smallest absolute Gasteiger partial charge is 0.295 e. The van der Waals surface area contributed by atoms with Crippen molar-refractivity contribution >= 4 is 21.4 Å². The Bertz CT molecular complexity index is 589. The number of nitro benzene ring substituents is 1. The van der Waals surface area contributed by atoms with E-state index < -0.39 is 20.8 Å². The second-order valence-corrected chi connectivity index (χ2v) is 5.80. The molecule has 0 heterocycles. The zero-order chi connectivity index (χ0) is 14.6. The van der Waals surface area contributed by atoms with Crippen molar-refractivity contribution in [2.24, 2.45) is 0 Å². The van der Waals surface area contributed by atoms with Gasteiger partial charge in [-0.15, -0.1) is 0 Å². The molecule has 2 N–H and O–H groups in total. The van der Waals surface area contributed by atoms with Crippen molar-refractivity contribution in [3.05, 3.63) is 33.6 Å². The summed E-state index contributed by atoms with van der Waals surface area (Å²) < 4.78 is 37.1. The summed E-state index contributed by atoms with van der Waals surface area (Å²) in [6, 6.07) is 2.15. The van der Waals surface area contributed by atoms with Crippen LogP contribution in [0.4, 0.5) is 15.8 Å². The molecule has 0 saturated carbocycles. The van der Waals surface area contributed by atoms with Crippen molar-refractivity contribution in [2.45, 2.75) is 6.92 Å². The molecule has 7 nitrogen and oxygen atoms in total. The summed E-state index contributed by atoms with van der Waals surface area (Å²) in [6.45, 7) is 1.71. The van der Waals surface area contributed by atoms with Crippen LogP contribution in [0, 0.1) is 22.9 Å². The molecule has 0 radical (unpaired) electrons. The molecule has 9 heteroatoms. The molecule has 1 aromatic rings. The Balaban J connectivity index is 2.77. The SMILES string of the molecule is Cc1cc(NCCNS(C)(=O)=O)c([N+](=O)[O-])cc1F. The number of nitrogens with zero attached hydrogens (tertiary/aromatic N) is 1. The quantitative estimate of drug-likeness (QED) is 0.462. The number of sulfonamides is 1. The second kappa shape index (κ2) is 5.93. The molecule has 106 valence electrons. The largest absolute Gasteiger partial charge is 0.378 e. The lowest BCUT2D eigenvalue weighted by atomic mass is 10.2. The first-order chi connectivity index (χ1) is 8.70. The Morgan fingerprint density at radius 3 is 2.53 bits per heavy atom. The van der Waals surface area contributed by atoms with Crippen LogP contribution in [0.2, 0.25) is 0 Å². The van der Waals surface area contributed by atoms with Crippen LogP contribution in [-0.2, 0) is 10.0 Å². The van der Waals surface area contributed by atoms with Crippen LogP contribution in [0.25, 0.3) is 0 Å². The number of rotatable bonds is 6. The minimum atomic E-state index is -3.30. The van der Waals surface area contributed by atoms with E-state index in [1.165, 1.54) is 13.0 Å². The highest BCUT2D eigenvalue weighted by Crippen LogP contribution is 2.27. The van der Waals surface area contributed by atoms with Gasteiger partial charge >= 0.3 is 0 Å². The minimum absolute atomic E-state index is 0.0758. The molecule has 0 aliphatic carbocycles. The normalized spacial score (nSPS) is 11.3. The van der Waals surface area contributed by atoms with Crippen molar-refractivity contribution in [1.29, 1.82) is 0 Å². The number of anilines is 1. The van der Waals surface area contributed by atoms with E-state index in [9.17, 15) is 22.9 Å². The van der Waals surface area contributed by atoms with Crippen molar-refractivity contribution in [3.63, 3.8) is 0 Å². The molecule has 0 saturated heterocycles. The van der Waals surface area contributed by atoms with Crippen LogP contribution in [0.5, 0.6) is 0 Å². The predicted molar refractivity (Wildman–Crippen MR) is 69.1 cm³/mol. The molecule has 0 fully saturated rings. The van der Waals surface area contributed by atoms with E-state index >= 15 is 0 Å². The Morgan fingerprint density at radius 2 is 2.00 bits per heavy atom. The first-order valence-electron chi connectivity index (χ1n) is 5.34. The number of halogens is 1. The van der Waals surface area contributed by atoms with Crippen molar-refractivity contribution in [3.8, 4) is 0 Å². The number of nitro groups is 1. The fourth-order valence-corrected chi connectivity index (χ4v) is 1.87. The standard InChI is InChI=1S/C10H14FN3O4S/c1-7-5-9(10(14(15)16)6-8(7)11)12-3-4-13-19(2,17)18/h5-6,12-13H,3-4H2,1-2H3. The zero-order valence-electron chi connectivity index (χ0n) is 10.4. The molecule has 0 spiro atoms. The summed E-state index contributed by atoms with van der Waals surface area (Å²) in [5.41, 5.74) is 0.0332. The Labute approximate surface area is 110 Å². The first kappa shape index (κ1) is 15.3. The van der Waals surface area contributed by atoms with Gasteiger partial charge < -0.3 is 5.32 Å². The molecular formula is C10H14FN3O4S. The van der Waals surface area contributed by atoms with Gasteiger partial charge in [-0.2, -0.15) is 0 Å². The third-order valence-corrected chi connectivity index (χ3v) is 3.01. The first-order valence-corrected chi connectivity index (χ1v) is 7.23. The topological polar surface area (TPSA) is 101 Å². The van der Waals surface area contributed by atoms with Gasteiger partial charge in [0.05, 0.1) is 17.2 Å². The highest BCUT2D eigenvalue weighted by Gasteiger charge is 2.16. The van der Waals surface area contributed by atoms with E-state index in [1.54, 1.807) is 0 Å². The lowest BCUT2D eigenvalue weighted by Gasteiger charge is -2.08. The molecule has 0 atom stereocenters. The number of hydrogen-bond donors (Lipinski definition) is 2. The lowest BCUT2D eigenvalue weighted by molar-refractivity contribution is -0.384. The molecule has 0 aromatic heterocycles. The summed E-state index contributed by atoms with van der Waals surface area (Å²) in [5, 5.41) is 13.5. The van der Waals surface area contributed by atoms with Gasteiger partial charge in [0.2, 0.25) is 10.0 Å². The summed E-state index contributed by atoms with van der Waals surface area (Å²) >= 11 is 0. The number of benzene rings is 1. The van der Waals surface area contributed by atoms with E-state index in [0.717, 1.165) is 12.3 Å². The molecule has 19 heavy (non-hydrogen) atoms. The predicted octanol–water partition coefficient (Wildman–Crippen LogP) is 1.00. The maximum absolute atomic E-state index is 13.2. The van der Waals surface area contributed by atoms with Crippen molar-refractivity contribution in [2.75, 3.05) is 24.7 Å². The zero-order valence-corrected chi connectivity index (χ0v) is 11.3. The summed E-state index contributed by atoms with van der Waals surface area (Å²) in [6.07, 6.45) is 1.01. The fourth-order valence-electron chi connectivity index (χ4n) is 1.40. The van der Waals surface area contributed by atoms with Crippen molar-refractivity contribution < 1.29 is 17.7 Å². The summed E-state index contributed by atoms with van der Waals surface area (Å²) in [5.74, 6) is -0.661. The van der Waals surface area contributed by atoms with Gasteiger partial charge in [-0.1, -0.05) is 0 Å². The van der Waals surface area contributed by atoms with E-state index in [1.807, 2.05) is 0 Å². The lowest BCUT2D eigenvalue weighted by Crippen LogP contribution is -2.27. The Morgan fingerprint density at radius 1 is 1.37 bits per heavy atom. The van der Waals surface area contributed by atoms with Gasteiger partial charge in [0.1, 0.15) is 11.5 Å². The molecule has 0 amide bonds. The van der Waals surface area contributed by atoms with Gasteiger partial charge in [-0.05, 0) is 18.6 Å². The highest BCUT2D eigenvalue weighted by atomic mass is 32.2. The van der Waals surface area contributed by atoms with Gasteiger partial charge in [-0.3, -0.25) is 10.1 Å². The molecular weight excluding hydrogens is 277 g/mol. The summed E-state index contributed by atoms with van der Waals surface area (Å²) in [4.78, 5) is 10.1. The van der Waals surface area contributed by atoms with Crippen molar-refractivity contribution in [1.82, 2.24) is 4.72 Å². The van der Waals surface area contributed by atoms with E-state index in [4.69, 9.17) is 0 Å². The van der Waals surface area contributed by atoms with E-state index in [-0.39, 0.29) is 30.0 Å². The molecule has 0 bridgehead atoms. The molecule has 1 aromatic carbocycles. The van der Waals surface area contributed by atoms with E-state index in [0.29, 0.717) is 0 Å². The van der Waals surface area contributed by atoms with Gasteiger partial charge in [0.25, 0.3) is 5.69 Å². The monoisotopic (exact) mass is 291 g/mol. The highest BCUT2D eigenvalue weighted by molar-refractivity contribution is 7.88. The molecule has 0 unspecified atom stereocenters. The van der Waals surface area contributed by atoms with Crippen LogP contribution in [0.1, 0.15) is 5.56 Å². The van der Waals surface area contributed by atoms with Crippen LogP contribution in [0.3, 0.4) is 0 Å². The average molecular weight is 291 g/mol. The second-order valence-electron chi connectivity index (χ2n) is 3.97. The third-order valence-electron chi connectivity index (χ3n) is 2.28. The van der Waals surface area contributed by atoms with Crippen LogP contribution >= 0.6 is 0 Å². The minimum Gasteiger partial charge on any atom is -0.378 e. The van der Waals surface area contributed by atoms with Gasteiger partial charge in [0.15, 0.2) is 0 Å².